The molecule has 2 N–H and O–H groups in total. The van der Waals surface area contributed by atoms with Gasteiger partial charge in [-0.3, -0.25) is 9.78 Å². The third-order valence-electron chi connectivity index (χ3n) is 2.69. The van der Waals surface area contributed by atoms with Crippen LogP contribution in [0.5, 0.6) is 0 Å². The van der Waals surface area contributed by atoms with E-state index in [9.17, 15) is 4.79 Å². The van der Waals surface area contributed by atoms with Gasteiger partial charge in [-0.15, -0.1) is 0 Å². The van der Waals surface area contributed by atoms with Crippen molar-refractivity contribution in [2.75, 3.05) is 6.54 Å². The van der Waals surface area contributed by atoms with Gasteiger partial charge in [0.05, 0.1) is 18.3 Å². The van der Waals surface area contributed by atoms with Gasteiger partial charge in [-0.05, 0) is 25.5 Å². The van der Waals surface area contributed by atoms with Crippen molar-refractivity contribution in [1.29, 1.82) is 0 Å². The molecule has 4 nitrogen and oxygen atoms in total. The van der Waals surface area contributed by atoms with Crippen LogP contribution in [-0.2, 0) is 11.3 Å². The number of hydrogen-bond donors (Lipinski definition) is 1. The van der Waals surface area contributed by atoms with Crippen LogP contribution in [0.25, 0.3) is 0 Å². The topological polar surface area (TPSA) is 59.2 Å². The summed E-state index contributed by atoms with van der Waals surface area (Å²) in [5, 5.41) is 0. The van der Waals surface area contributed by atoms with Crippen molar-refractivity contribution in [3.63, 3.8) is 0 Å². The van der Waals surface area contributed by atoms with Crippen LogP contribution in [0.3, 0.4) is 0 Å². The Morgan fingerprint density at radius 3 is 2.76 bits per heavy atom. The number of aromatic nitrogens is 1. The Kier molecular flexibility index (Phi) is 5.63. The van der Waals surface area contributed by atoms with E-state index in [-0.39, 0.29) is 11.9 Å². The van der Waals surface area contributed by atoms with E-state index in [1.807, 2.05) is 32.0 Å². The molecule has 17 heavy (non-hydrogen) atoms. The van der Waals surface area contributed by atoms with Gasteiger partial charge in [0.1, 0.15) is 0 Å². The first-order valence-electron chi connectivity index (χ1n) is 6.13. The number of rotatable bonds is 6. The van der Waals surface area contributed by atoms with E-state index >= 15 is 0 Å². The molecule has 1 heterocycles. The Balaban J connectivity index is 2.62. The Morgan fingerprint density at radius 2 is 2.24 bits per heavy atom. The predicted molar refractivity (Wildman–Crippen MR) is 68.2 cm³/mol. The van der Waals surface area contributed by atoms with Crippen LogP contribution in [0.2, 0.25) is 0 Å². The molecule has 0 saturated heterocycles. The highest BCUT2D eigenvalue weighted by Crippen LogP contribution is 2.05. The number of carbonyl (C=O) groups excluding carboxylic acids is 1. The second-order valence-electron chi connectivity index (χ2n) is 4.07. The number of nitrogens with two attached hydrogens (primary N) is 1. The number of amides is 1. The fourth-order valence-electron chi connectivity index (χ4n) is 1.70. The SMILES string of the molecule is CCCC(N)C(=O)N(CC)Cc1ccccn1. The Hall–Kier alpha value is -1.42. The normalized spacial score (nSPS) is 12.2. The molecule has 1 aromatic rings. The van der Waals surface area contributed by atoms with Crippen molar-refractivity contribution >= 4 is 5.91 Å². The van der Waals surface area contributed by atoms with Crippen LogP contribution in [0.15, 0.2) is 24.4 Å². The Morgan fingerprint density at radius 1 is 1.47 bits per heavy atom. The lowest BCUT2D eigenvalue weighted by atomic mass is 10.1. The van der Waals surface area contributed by atoms with Gasteiger partial charge in [-0.25, -0.2) is 0 Å². The van der Waals surface area contributed by atoms with Crippen molar-refractivity contribution in [2.24, 2.45) is 5.73 Å². The molecule has 0 aliphatic heterocycles. The standard InChI is InChI=1S/C13H21N3O/c1-3-7-12(14)13(17)16(4-2)10-11-8-5-6-9-15-11/h5-6,8-9,12H,3-4,7,10,14H2,1-2H3. The molecule has 1 amide bonds. The largest absolute Gasteiger partial charge is 0.336 e. The van der Waals surface area contributed by atoms with Crippen molar-refractivity contribution in [3.05, 3.63) is 30.1 Å². The molecule has 1 unspecified atom stereocenters. The molecule has 4 heteroatoms. The van der Waals surface area contributed by atoms with Gasteiger partial charge in [0.2, 0.25) is 5.91 Å². The third kappa shape index (κ3) is 4.15. The Labute approximate surface area is 103 Å². The highest BCUT2D eigenvalue weighted by atomic mass is 16.2. The lowest BCUT2D eigenvalue weighted by Crippen LogP contribution is -2.43. The quantitative estimate of drug-likeness (QED) is 0.814. The zero-order valence-electron chi connectivity index (χ0n) is 10.6. The van der Waals surface area contributed by atoms with E-state index in [0.717, 1.165) is 18.5 Å². The van der Waals surface area contributed by atoms with E-state index in [1.165, 1.54) is 0 Å². The van der Waals surface area contributed by atoms with Crippen LogP contribution in [0, 0.1) is 0 Å². The lowest BCUT2D eigenvalue weighted by Gasteiger charge is -2.23. The fourth-order valence-corrected chi connectivity index (χ4v) is 1.70. The monoisotopic (exact) mass is 235 g/mol. The highest BCUT2D eigenvalue weighted by Gasteiger charge is 2.19. The Bertz CT molecular complexity index is 340. The number of carbonyl (C=O) groups is 1. The van der Waals surface area contributed by atoms with Crippen LogP contribution >= 0.6 is 0 Å². The van der Waals surface area contributed by atoms with Gasteiger partial charge >= 0.3 is 0 Å². The molecule has 0 aliphatic rings. The van der Waals surface area contributed by atoms with Crippen molar-refractivity contribution in [1.82, 2.24) is 9.88 Å². The summed E-state index contributed by atoms with van der Waals surface area (Å²) in [4.78, 5) is 18.0. The lowest BCUT2D eigenvalue weighted by molar-refractivity contribution is -0.133. The van der Waals surface area contributed by atoms with E-state index in [4.69, 9.17) is 5.73 Å². The maximum atomic E-state index is 12.0. The minimum atomic E-state index is -0.385. The average Bonchev–Trinajstić information content (AvgIpc) is 2.36. The summed E-state index contributed by atoms with van der Waals surface area (Å²) < 4.78 is 0. The molecular weight excluding hydrogens is 214 g/mol. The second kappa shape index (κ2) is 7.01. The number of hydrogen-bond acceptors (Lipinski definition) is 3. The molecule has 1 rings (SSSR count). The first-order valence-corrected chi connectivity index (χ1v) is 6.13. The third-order valence-corrected chi connectivity index (χ3v) is 2.69. The smallest absolute Gasteiger partial charge is 0.239 e. The van der Waals surface area contributed by atoms with Crippen molar-refractivity contribution in [2.45, 2.75) is 39.3 Å². The molecule has 0 saturated carbocycles. The highest BCUT2D eigenvalue weighted by molar-refractivity contribution is 5.81. The number of likely N-dealkylation sites (N-methyl/N-ethyl adjacent to an activating group) is 1. The molecule has 0 spiro atoms. The van der Waals surface area contributed by atoms with Crippen LogP contribution in [-0.4, -0.2) is 28.4 Å². The summed E-state index contributed by atoms with van der Waals surface area (Å²) in [7, 11) is 0. The van der Waals surface area contributed by atoms with Crippen molar-refractivity contribution in [3.8, 4) is 0 Å². The summed E-state index contributed by atoms with van der Waals surface area (Å²) in [5.41, 5.74) is 6.74. The zero-order valence-corrected chi connectivity index (χ0v) is 10.6. The molecule has 0 fully saturated rings. The fraction of sp³-hybridized carbons (Fsp3) is 0.538. The van der Waals surface area contributed by atoms with E-state index in [1.54, 1.807) is 11.1 Å². The van der Waals surface area contributed by atoms with Gasteiger partial charge in [0, 0.05) is 12.7 Å². The first kappa shape index (κ1) is 13.6. The van der Waals surface area contributed by atoms with Gasteiger partial charge in [0.15, 0.2) is 0 Å². The summed E-state index contributed by atoms with van der Waals surface area (Å²) in [6.07, 6.45) is 3.39. The molecular formula is C13H21N3O. The maximum absolute atomic E-state index is 12.0. The van der Waals surface area contributed by atoms with E-state index in [2.05, 4.69) is 4.98 Å². The minimum Gasteiger partial charge on any atom is -0.336 e. The molecule has 1 atom stereocenters. The molecule has 0 aliphatic carbocycles. The second-order valence-corrected chi connectivity index (χ2v) is 4.07. The van der Waals surface area contributed by atoms with Gasteiger partial charge in [-0.1, -0.05) is 19.4 Å². The van der Waals surface area contributed by atoms with Crippen LogP contribution < -0.4 is 5.73 Å². The summed E-state index contributed by atoms with van der Waals surface area (Å²) in [5.74, 6) is 0.0139. The number of pyridine rings is 1. The first-order chi connectivity index (χ1) is 8.19. The maximum Gasteiger partial charge on any atom is 0.239 e. The molecule has 0 radical (unpaired) electrons. The minimum absolute atomic E-state index is 0.0139. The average molecular weight is 235 g/mol. The molecule has 0 aromatic carbocycles. The van der Waals surface area contributed by atoms with Crippen LogP contribution in [0.1, 0.15) is 32.4 Å². The van der Waals surface area contributed by atoms with E-state index in [0.29, 0.717) is 13.1 Å². The van der Waals surface area contributed by atoms with E-state index < -0.39 is 0 Å². The molecule has 1 aromatic heterocycles. The van der Waals surface area contributed by atoms with Gasteiger partial charge in [0.25, 0.3) is 0 Å². The summed E-state index contributed by atoms with van der Waals surface area (Å²) in [6.45, 7) is 5.18. The van der Waals surface area contributed by atoms with Crippen LogP contribution in [0.4, 0.5) is 0 Å². The number of nitrogens with zero attached hydrogens (tertiary/aromatic N) is 2. The predicted octanol–water partition coefficient (Wildman–Crippen LogP) is 1.56. The van der Waals surface area contributed by atoms with Gasteiger partial charge < -0.3 is 10.6 Å². The summed E-state index contributed by atoms with van der Waals surface area (Å²) >= 11 is 0. The summed E-state index contributed by atoms with van der Waals surface area (Å²) in [6, 6.07) is 5.32. The zero-order chi connectivity index (χ0) is 12.7. The molecule has 0 bridgehead atoms. The van der Waals surface area contributed by atoms with Gasteiger partial charge in [-0.2, -0.15) is 0 Å². The van der Waals surface area contributed by atoms with Crippen molar-refractivity contribution < 1.29 is 4.79 Å². The molecule has 94 valence electrons.